The van der Waals surface area contributed by atoms with Crippen LogP contribution in [0.4, 0.5) is 5.69 Å². The van der Waals surface area contributed by atoms with Crippen molar-refractivity contribution in [2.24, 2.45) is 0 Å². The van der Waals surface area contributed by atoms with E-state index >= 15 is 0 Å². The summed E-state index contributed by atoms with van der Waals surface area (Å²) >= 11 is 0. The minimum absolute atomic E-state index is 0.251. The Balaban J connectivity index is 1.61. The number of hydrogen-bond donors (Lipinski definition) is 1. The van der Waals surface area contributed by atoms with Gasteiger partial charge < -0.3 is 9.72 Å². The summed E-state index contributed by atoms with van der Waals surface area (Å²) < 4.78 is 29.9. The molecule has 0 aliphatic heterocycles. The first kappa shape index (κ1) is 18.7. The minimum atomic E-state index is -3.34. The van der Waals surface area contributed by atoms with Crippen molar-refractivity contribution in [1.82, 2.24) is 9.97 Å². The molecule has 0 unspecified atom stereocenters. The van der Waals surface area contributed by atoms with Crippen molar-refractivity contribution in [3.63, 3.8) is 0 Å². The van der Waals surface area contributed by atoms with Gasteiger partial charge in [-0.3, -0.25) is 0 Å². The Bertz CT molecular complexity index is 1330. The van der Waals surface area contributed by atoms with Crippen LogP contribution in [0.3, 0.4) is 0 Å². The Hall–Kier alpha value is -3.63. The maximum Gasteiger partial charge on any atom is 0.187 e. The number of nitrogens with one attached hydrogen (secondary N) is 1. The standard InChI is InChI=1S/C22H17N3O3S/c1-23-16-8-10-17(11-9-16)28-14-22-24-19-12-7-15(13-20(19)25-22)18-5-3-4-6-21(18)29(2,26)27/h3-13H,14H2,2H3,(H,24,25). The average Bonchev–Trinajstić information content (AvgIpc) is 3.14. The number of fused-ring (bicyclic) bond motifs is 1. The van der Waals surface area contributed by atoms with Gasteiger partial charge in [-0.15, -0.1) is 0 Å². The molecule has 4 aromatic rings. The number of imidazole rings is 1. The van der Waals surface area contributed by atoms with Crippen molar-refractivity contribution in [3.8, 4) is 16.9 Å². The molecule has 7 heteroatoms. The Kier molecular flexibility index (Phi) is 4.79. The number of nitrogens with zero attached hydrogens (tertiary/aromatic N) is 2. The first-order chi connectivity index (χ1) is 13.9. The summed E-state index contributed by atoms with van der Waals surface area (Å²) in [5.74, 6) is 1.31. The first-order valence-corrected chi connectivity index (χ1v) is 10.7. The van der Waals surface area contributed by atoms with E-state index in [9.17, 15) is 8.42 Å². The number of rotatable bonds is 5. The zero-order valence-corrected chi connectivity index (χ0v) is 16.4. The van der Waals surface area contributed by atoms with Crippen LogP contribution in [0.2, 0.25) is 0 Å². The number of benzene rings is 3. The monoisotopic (exact) mass is 403 g/mol. The predicted octanol–water partition coefficient (Wildman–Crippen LogP) is 4.76. The second-order valence-electron chi connectivity index (χ2n) is 6.58. The van der Waals surface area contributed by atoms with Crippen LogP contribution in [0.5, 0.6) is 5.75 Å². The van der Waals surface area contributed by atoms with E-state index in [-0.39, 0.29) is 6.61 Å². The third kappa shape index (κ3) is 3.98. The van der Waals surface area contributed by atoms with Gasteiger partial charge in [-0.2, -0.15) is 0 Å². The molecule has 0 spiro atoms. The molecule has 0 aliphatic rings. The fourth-order valence-corrected chi connectivity index (χ4v) is 4.01. The van der Waals surface area contributed by atoms with E-state index in [4.69, 9.17) is 11.3 Å². The van der Waals surface area contributed by atoms with Crippen molar-refractivity contribution in [1.29, 1.82) is 0 Å². The molecule has 6 nitrogen and oxygen atoms in total. The molecule has 0 atom stereocenters. The normalized spacial score (nSPS) is 11.3. The molecule has 1 heterocycles. The van der Waals surface area contributed by atoms with Crippen molar-refractivity contribution < 1.29 is 13.2 Å². The second-order valence-corrected chi connectivity index (χ2v) is 8.56. The highest BCUT2D eigenvalue weighted by molar-refractivity contribution is 7.90. The molecule has 0 saturated heterocycles. The maximum absolute atomic E-state index is 12.1. The predicted molar refractivity (Wildman–Crippen MR) is 112 cm³/mol. The quantitative estimate of drug-likeness (QED) is 0.487. The lowest BCUT2D eigenvalue weighted by Crippen LogP contribution is -1.99. The maximum atomic E-state index is 12.1. The van der Waals surface area contributed by atoms with E-state index in [1.807, 2.05) is 24.3 Å². The fourth-order valence-electron chi connectivity index (χ4n) is 3.10. The van der Waals surface area contributed by atoms with Crippen LogP contribution in [0.1, 0.15) is 5.82 Å². The van der Waals surface area contributed by atoms with Crippen LogP contribution in [0, 0.1) is 6.57 Å². The third-order valence-corrected chi connectivity index (χ3v) is 5.62. The molecule has 0 bridgehead atoms. The summed E-state index contributed by atoms with van der Waals surface area (Å²) in [5, 5.41) is 0. The largest absolute Gasteiger partial charge is 0.486 e. The number of aromatic nitrogens is 2. The highest BCUT2D eigenvalue weighted by Crippen LogP contribution is 2.29. The molecule has 1 N–H and O–H groups in total. The van der Waals surface area contributed by atoms with Gasteiger partial charge in [0.2, 0.25) is 0 Å². The molecule has 1 aromatic heterocycles. The van der Waals surface area contributed by atoms with Gasteiger partial charge in [-0.25, -0.2) is 18.2 Å². The van der Waals surface area contributed by atoms with Crippen LogP contribution < -0.4 is 4.74 Å². The van der Waals surface area contributed by atoms with Gasteiger partial charge in [0.1, 0.15) is 18.2 Å². The van der Waals surface area contributed by atoms with E-state index in [0.717, 1.165) is 16.6 Å². The fraction of sp³-hybridized carbons (Fsp3) is 0.0909. The van der Waals surface area contributed by atoms with E-state index in [0.29, 0.717) is 27.7 Å². The average molecular weight is 403 g/mol. The van der Waals surface area contributed by atoms with E-state index in [1.54, 1.807) is 42.5 Å². The second kappa shape index (κ2) is 7.41. The number of aromatic amines is 1. The molecule has 0 amide bonds. The molecular weight excluding hydrogens is 386 g/mol. The van der Waals surface area contributed by atoms with Crippen molar-refractivity contribution in [3.05, 3.63) is 84.0 Å². The van der Waals surface area contributed by atoms with Crippen molar-refractivity contribution in [2.45, 2.75) is 11.5 Å². The molecule has 0 aliphatic carbocycles. The molecule has 144 valence electrons. The van der Waals surface area contributed by atoms with Gasteiger partial charge in [-0.05, 0) is 35.9 Å². The number of hydrogen-bond acceptors (Lipinski definition) is 4. The Labute approximate surface area is 168 Å². The summed E-state index contributed by atoms with van der Waals surface area (Å²) in [6.45, 7) is 7.23. The number of H-pyrrole nitrogens is 1. The molecule has 0 fully saturated rings. The molecule has 3 aromatic carbocycles. The van der Waals surface area contributed by atoms with Gasteiger partial charge in [0.15, 0.2) is 15.5 Å². The molecular formula is C22H17N3O3S. The van der Waals surface area contributed by atoms with Crippen LogP contribution in [-0.4, -0.2) is 24.6 Å². The molecule has 0 radical (unpaired) electrons. The zero-order valence-electron chi connectivity index (χ0n) is 15.6. The molecule has 0 saturated carbocycles. The Morgan fingerprint density at radius 3 is 2.55 bits per heavy atom. The summed E-state index contributed by atoms with van der Waals surface area (Å²) in [6, 6.07) is 19.4. The van der Waals surface area contributed by atoms with E-state index < -0.39 is 9.84 Å². The molecule has 4 rings (SSSR count). The number of sulfone groups is 1. The van der Waals surface area contributed by atoms with Crippen LogP contribution in [0.15, 0.2) is 71.6 Å². The van der Waals surface area contributed by atoms with Crippen LogP contribution in [-0.2, 0) is 16.4 Å². The summed E-state index contributed by atoms with van der Waals surface area (Å²) in [4.78, 5) is 11.4. The first-order valence-electron chi connectivity index (χ1n) is 8.82. The molecule has 29 heavy (non-hydrogen) atoms. The lowest BCUT2D eigenvalue weighted by Gasteiger charge is -2.07. The minimum Gasteiger partial charge on any atom is -0.486 e. The highest BCUT2D eigenvalue weighted by Gasteiger charge is 2.15. The van der Waals surface area contributed by atoms with Gasteiger partial charge in [0, 0.05) is 11.8 Å². The van der Waals surface area contributed by atoms with Crippen molar-refractivity contribution in [2.75, 3.05) is 6.26 Å². The Morgan fingerprint density at radius 2 is 1.83 bits per heavy atom. The van der Waals surface area contributed by atoms with Gasteiger partial charge in [0.05, 0.1) is 22.5 Å². The third-order valence-electron chi connectivity index (χ3n) is 4.47. The summed E-state index contributed by atoms with van der Waals surface area (Å²) in [7, 11) is -3.34. The zero-order chi connectivity index (χ0) is 20.4. The van der Waals surface area contributed by atoms with Gasteiger partial charge >= 0.3 is 0 Å². The topological polar surface area (TPSA) is 76.4 Å². The van der Waals surface area contributed by atoms with E-state index in [1.165, 1.54) is 6.26 Å². The highest BCUT2D eigenvalue weighted by atomic mass is 32.2. The lowest BCUT2D eigenvalue weighted by molar-refractivity contribution is 0.297. The van der Waals surface area contributed by atoms with Gasteiger partial charge in [-0.1, -0.05) is 36.4 Å². The summed E-state index contributed by atoms with van der Waals surface area (Å²) in [6.07, 6.45) is 1.21. The smallest absolute Gasteiger partial charge is 0.187 e. The van der Waals surface area contributed by atoms with Crippen LogP contribution >= 0.6 is 0 Å². The van der Waals surface area contributed by atoms with E-state index in [2.05, 4.69) is 14.8 Å². The van der Waals surface area contributed by atoms with Gasteiger partial charge in [0.25, 0.3) is 0 Å². The lowest BCUT2D eigenvalue weighted by atomic mass is 10.1. The van der Waals surface area contributed by atoms with Crippen molar-refractivity contribution >= 4 is 26.6 Å². The Morgan fingerprint density at radius 1 is 1.07 bits per heavy atom. The SMILES string of the molecule is [C-]#[N+]c1ccc(OCc2nc3ccc(-c4ccccc4S(C)(=O)=O)cc3[nH]2)cc1. The van der Waals surface area contributed by atoms with Crippen LogP contribution in [0.25, 0.3) is 27.0 Å². The number of ether oxygens (including phenoxy) is 1. The summed E-state index contributed by atoms with van der Waals surface area (Å²) in [5.41, 5.74) is 3.58.